The van der Waals surface area contributed by atoms with Crippen LogP contribution in [0.4, 0.5) is 0 Å². The van der Waals surface area contributed by atoms with Crippen LogP contribution in [0.5, 0.6) is 0 Å². The second kappa shape index (κ2) is 23.4. The van der Waals surface area contributed by atoms with E-state index in [1.807, 2.05) is 32.0 Å². The number of aliphatic hydroxyl groups excluding tert-OH is 1. The van der Waals surface area contributed by atoms with Crippen molar-refractivity contribution in [2.45, 2.75) is 52.0 Å². The molecule has 0 aromatic carbocycles. The number of allylic oxidation sites excluding steroid dienone is 1. The van der Waals surface area contributed by atoms with Gasteiger partial charge in [0.15, 0.2) is 0 Å². The first-order chi connectivity index (χ1) is 19.7. The van der Waals surface area contributed by atoms with Gasteiger partial charge in [0.2, 0.25) is 0 Å². The first-order valence-electron chi connectivity index (χ1n) is 14.1. The Morgan fingerprint density at radius 3 is 2.22 bits per heavy atom. The van der Waals surface area contributed by atoms with Crippen LogP contribution in [0.3, 0.4) is 0 Å². The minimum atomic E-state index is -0.561. The molecule has 0 aliphatic rings. The molecule has 1 aromatic heterocycles. The van der Waals surface area contributed by atoms with Gasteiger partial charge in [-0.15, -0.1) is 0 Å². The van der Waals surface area contributed by atoms with E-state index >= 15 is 0 Å². The zero-order valence-corrected chi connectivity index (χ0v) is 28.1. The molecule has 12 heteroatoms. The number of ether oxygens (including phenoxy) is 3. The summed E-state index contributed by atoms with van der Waals surface area (Å²) in [5, 5.41) is 10.1. The molecule has 3 N–H and O–H groups in total. The Balaban J connectivity index is 2.82. The van der Waals surface area contributed by atoms with Gasteiger partial charge < -0.3 is 25.1 Å². The van der Waals surface area contributed by atoms with E-state index in [0.717, 1.165) is 23.0 Å². The fourth-order valence-corrected chi connectivity index (χ4v) is 7.43. The predicted octanol–water partition coefficient (Wildman–Crippen LogP) is 6.10. The van der Waals surface area contributed by atoms with Crippen molar-refractivity contribution in [3.63, 3.8) is 0 Å². The first-order valence-corrected chi connectivity index (χ1v) is 18.9. The molecule has 0 saturated carbocycles. The maximum Gasteiger partial charge on any atom is 0.309 e. The summed E-state index contributed by atoms with van der Waals surface area (Å²) in [6.07, 6.45) is 3.28. The second-order valence-electron chi connectivity index (χ2n) is 10.2. The second-order valence-corrected chi connectivity index (χ2v) is 15.4. The third kappa shape index (κ3) is 17.6. The van der Waals surface area contributed by atoms with Gasteiger partial charge in [0, 0.05) is 35.9 Å². The molecule has 0 amide bonds. The molecule has 8 nitrogen and oxygen atoms in total. The number of carbonyl (C=O) groups is 2. The maximum atomic E-state index is 13.1. The molecule has 3 unspecified atom stereocenters. The van der Waals surface area contributed by atoms with Gasteiger partial charge in [-0.2, -0.15) is 0 Å². The minimum Gasteiger partial charge on any atom is -0.497 e. The lowest BCUT2D eigenvalue weighted by atomic mass is 9.80. The highest BCUT2D eigenvalue weighted by atomic mass is 33.1. The van der Waals surface area contributed by atoms with Gasteiger partial charge in [0.1, 0.15) is 18.2 Å². The highest BCUT2D eigenvalue weighted by molar-refractivity contribution is 8.77. The molecule has 0 aliphatic carbocycles. The predicted molar refractivity (Wildman–Crippen MR) is 175 cm³/mol. The number of rotatable bonds is 24. The van der Waals surface area contributed by atoms with Gasteiger partial charge in [-0.1, -0.05) is 72.7 Å². The summed E-state index contributed by atoms with van der Waals surface area (Å²) >= 11 is 0. The molecule has 3 atom stereocenters. The molecule has 0 saturated heterocycles. The van der Waals surface area contributed by atoms with Gasteiger partial charge >= 0.3 is 11.9 Å². The van der Waals surface area contributed by atoms with Crippen molar-refractivity contribution in [2.24, 2.45) is 35.3 Å². The van der Waals surface area contributed by atoms with Crippen molar-refractivity contribution in [3.05, 3.63) is 36.7 Å². The lowest BCUT2D eigenvalue weighted by Crippen LogP contribution is -2.31. The summed E-state index contributed by atoms with van der Waals surface area (Å²) in [4.78, 5) is 30.5. The number of esters is 2. The van der Waals surface area contributed by atoms with Crippen molar-refractivity contribution < 1.29 is 28.9 Å². The van der Waals surface area contributed by atoms with Crippen LogP contribution in [0.25, 0.3) is 0 Å². The molecule has 0 spiro atoms. The molecule has 41 heavy (non-hydrogen) atoms. The largest absolute Gasteiger partial charge is 0.497 e. The van der Waals surface area contributed by atoms with E-state index in [2.05, 4.69) is 25.4 Å². The van der Waals surface area contributed by atoms with Crippen LogP contribution in [0, 0.1) is 29.6 Å². The molecule has 1 aromatic rings. The van der Waals surface area contributed by atoms with Gasteiger partial charge in [-0.3, -0.25) is 9.59 Å². The molecule has 0 radical (unpaired) electrons. The number of aliphatic hydroxyl groups is 1. The van der Waals surface area contributed by atoms with Crippen LogP contribution in [0.15, 0.2) is 41.8 Å². The highest BCUT2D eigenvalue weighted by Gasteiger charge is 2.34. The minimum absolute atomic E-state index is 0.0303. The third-order valence-electron chi connectivity index (χ3n) is 6.03. The average molecular weight is 649 g/mol. The van der Waals surface area contributed by atoms with E-state index < -0.39 is 17.8 Å². The summed E-state index contributed by atoms with van der Waals surface area (Å²) in [5.74, 6) is 1.45. The van der Waals surface area contributed by atoms with Crippen molar-refractivity contribution in [1.82, 2.24) is 4.98 Å². The topological polar surface area (TPSA) is 121 Å². The zero-order valence-electron chi connectivity index (χ0n) is 24.8. The summed E-state index contributed by atoms with van der Waals surface area (Å²) in [6.45, 7) is 13.5. The average Bonchev–Trinajstić information content (AvgIpc) is 2.94. The summed E-state index contributed by atoms with van der Waals surface area (Å²) in [7, 11) is 6.54. The molecule has 0 bridgehead atoms. The van der Waals surface area contributed by atoms with Crippen LogP contribution < -0.4 is 5.73 Å². The third-order valence-corrected chi connectivity index (χ3v) is 10.7. The fraction of sp³-hybridized carbons (Fsp3) is 0.690. The SMILES string of the molecule is C=C(OCCSSCCN)C(CC(C)C)CC(CC(C(=O)OCCSSc1ccccn1)C(C)C)C(=O)OCCO. The molecule has 1 rings (SSSR count). The summed E-state index contributed by atoms with van der Waals surface area (Å²) < 4.78 is 17.0. The van der Waals surface area contributed by atoms with Crippen LogP contribution in [-0.2, 0) is 23.8 Å². The van der Waals surface area contributed by atoms with Crippen molar-refractivity contribution in [3.8, 4) is 0 Å². The van der Waals surface area contributed by atoms with E-state index in [1.165, 1.54) is 10.8 Å². The van der Waals surface area contributed by atoms with Crippen molar-refractivity contribution >= 4 is 55.1 Å². The lowest BCUT2D eigenvalue weighted by Gasteiger charge is -2.28. The molecule has 0 fully saturated rings. The Labute approximate surface area is 262 Å². The lowest BCUT2D eigenvalue weighted by molar-refractivity contribution is -0.154. The molecule has 0 aliphatic heterocycles. The molecular weight excluding hydrogens is 601 g/mol. The molecular formula is C29H48N2O6S4. The Kier molecular flexibility index (Phi) is 21.7. The number of hydrogen-bond acceptors (Lipinski definition) is 12. The summed E-state index contributed by atoms with van der Waals surface area (Å²) in [5.41, 5.74) is 5.54. The Morgan fingerprint density at radius 1 is 0.902 bits per heavy atom. The normalized spacial score (nSPS) is 13.6. The van der Waals surface area contributed by atoms with Crippen molar-refractivity contribution in [2.75, 3.05) is 50.2 Å². The van der Waals surface area contributed by atoms with E-state index in [4.69, 9.17) is 19.9 Å². The monoisotopic (exact) mass is 648 g/mol. The van der Waals surface area contributed by atoms with Gasteiger partial charge in [0.25, 0.3) is 0 Å². The van der Waals surface area contributed by atoms with Gasteiger partial charge in [0.05, 0.1) is 30.8 Å². The van der Waals surface area contributed by atoms with E-state index in [1.54, 1.807) is 38.6 Å². The van der Waals surface area contributed by atoms with E-state index in [9.17, 15) is 14.7 Å². The van der Waals surface area contributed by atoms with Crippen LogP contribution in [-0.4, -0.2) is 72.3 Å². The maximum absolute atomic E-state index is 13.1. The smallest absolute Gasteiger partial charge is 0.309 e. The van der Waals surface area contributed by atoms with E-state index in [-0.39, 0.29) is 37.6 Å². The highest BCUT2D eigenvalue weighted by Crippen LogP contribution is 2.34. The number of nitrogens with zero attached hydrogens (tertiary/aromatic N) is 1. The van der Waals surface area contributed by atoms with Gasteiger partial charge in [-0.25, -0.2) is 4.98 Å². The summed E-state index contributed by atoms with van der Waals surface area (Å²) in [6, 6.07) is 5.73. The van der Waals surface area contributed by atoms with Gasteiger partial charge in [-0.05, 0) is 54.0 Å². The Hall–Kier alpha value is -1.05. The number of pyridine rings is 1. The number of carbonyl (C=O) groups excluding carboxylic acids is 2. The molecule has 234 valence electrons. The van der Waals surface area contributed by atoms with E-state index in [0.29, 0.717) is 43.4 Å². The number of nitrogens with two attached hydrogens (primary N) is 1. The van der Waals surface area contributed by atoms with Crippen LogP contribution >= 0.6 is 43.2 Å². The quantitative estimate of drug-likeness (QED) is 0.0583. The Bertz CT molecular complexity index is 863. The van der Waals surface area contributed by atoms with Crippen LogP contribution in [0.2, 0.25) is 0 Å². The van der Waals surface area contributed by atoms with Crippen molar-refractivity contribution in [1.29, 1.82) is 0 Å². The fourth-order valence-electron chi connectivity index (χ4n) is 4.04. The zero-order chi connectivity index (χ0) is 30.5. The number of hydrogen-bond donors (Lipinski definition) is 2. The van der Waals surface area contributed by atoms with Crippen LogP contribution in [0.1, 0.15) is 47.0 Å². The first kappa shape index (κ1) is 38.0. The standard InChI is InChI=1S/C29H48N2O6S4/c1-21(2)18-24(23(5)35-13-16-39-38-15-9-30)19-25(28(33)36-12-11-32)20-26(22(3)4)29(34)37-14-17-40-41-27-8-6-7-10-31-27/h6-8,10,21-22,24-26,32H,5,9,11-20,30H2,1-4H3. The Morgan fingerprint density at radius 2 is 1.59 bits per heavy atom. The molecule has 1 heterocycles. The number of aromatic nitrogens is 1.